The van der Waals surface area contributed by atoms with Gasteiger partial charge in [-0.05, 0) is 31.5 Å². The molecule has 0 saturated carbocycles. The van der Waals surface area contributed by atoms with Crippen molar-refractivity contribution >= 4 is 17.7 Å². The molecular formula is C15H17N3O3. The largest absolute Gasteiger partial charge is 0.353 e. The first-order chi connectivity index (χ1) is 10.2. The topological polar surface area (TPSA) is 78.5 Å². The number of benzene rings is 1. The molecule has 3 amide bonds. The maximum absolute atomic E-state index is 12.1. The fraction of sp³-hybridized carbons (Fsp3) is 0.400. The van der Waals surface area contributed by atoms with Crippen molar-refractivity contribution in [3.05, 3.63) is 35.4 Å². The molecule has 1 aromatic rings. The average Bonchev–Trinajstić information content (AvgIpc) is 3.09. The van der Waals surface area contributed by atoms with Crippen LogP contribution in [0.25, 0.3) is 0 Å². The number of amides is 3. The van der Waals surface area contributed by atoms with Gasteiger partial charge in [-0.2, -0.15) is 0 Å². The van der Waals surface area contributed by atoms with Crippen LogP contribution in [0.1, 0.15) is 33.6 Å². The number of carbonyl (C=O) groups is 3. The Morgan fingerprint density at radius 1 is 1.24 bits per heavy atom. The number of hydrogen-bond donors (Lipinski definition) is 2. The van der Waals surface area contributed by atoms with E-state index in [1.165, 1.54) is 0 Å². The molecule has 2 N–H and O–H groups in total. The van der Waals surface area contributed by atoms with Crippen molar-refractivity contribution in [3.8, 4) is 0 Å². The Morgan fingerprint density at radius 2 is 1.90 bits per heavy atom. The molecule has 1 atom stereocenters. The molecule has 0 aromatic heterocycles. The quantitative estimate of drug-likeness (QED) is 0.773. The maximum atomic E-state index is 12.1. The standard InChI is InChI=1S/C15H17N3O3/c19-13(17-8-10-4-3-7-16-10)9-18-14(20)11-5-1-2-6-12(11)15(18)21/h1-2,5-6,10,16H,3-4,7-9H2,(H,17,19). The molecule has 110 valence electrons. The Kier molecular flexibility index (Phi) is 3.70. The molecule has 2 heterocycles. The minimum atomic E-state index is -0.398. The normalized spacial score (nSPS) is 20.8. The fourth-order valence-electron chi connectivity index (χ4n) is 2.75. The molecule has 2 aliphatic rings. The van der Waals surface area contributed by atoms with Crippen LogP contribution >= 0.6 is 0 Å². The molecule has 0 aliphatic carbocycles. The van der Waals surface area contributed by atoms with Crippen molar-refractivity contribution in [1.82, 2.24) is 15.5 Å². The molecule has 0 spiro atoms. The summed E-state index contributed by atoms with van der Waals surface area (Å²) in [6.07, 6.45) is 2.15. The highest BCUT2D eigenvalue weighted by Crippen LogP contribution is 2.21. The van der Waals surface area contributed by atoms with Crippen LogP contribution in [0.4, 0.5) is 0 Å². The lowest BCUT2D eigenvalue weighted by Crippen LogP contribution is -2.44. The highest BCUT2D eigenvalue weighted by molar-refractivity contribution is 6.22. The van der Waals surface area contributed by atoms with Gasteiger partial charge >= 0.3 is 0 Å². The first-order valence-corrected chi connectivity index (χ1v) is 7.12. The van der Waals surface area contributed by atoms with Crippen LogP contribution in [-0.2, 0) is 4.79 Å². The average molecular weight is 287 g/mol. The van der Waals surface area contributed by atoms with Gasteiger partial charge in [0.05, 0.1) is 11.1 Å². The van der Waals surface area contributed by atoms with E-state index in [0.29, 0.717) is 17.7 Å². The van der Waals surface area contributed by atoms with Crippen molar-refractivity contribution in [2.45, 2.75) is 18.9 Å². The summed E-state index contributed by atoms with van der Waals surface area (Å²) >= 11 is 0. The fourth-order valence-corrected chi connectivity index (χ4v) is 2.75. The molecule has 6 heteroatoms. The molecule has 21 heavy (non-hydrogen) atoms. The number of nitrogens with zero attached hydrogens (tertiary/aromatic N) is 1. The van der Waals surface area contributed by atoms with E-state index in [-0.39, 0.29) is 18.5 Å². The number of fused-ring (bicyclic) bond motifs is 1. The van der Waals surface area contributed by atoms with E-state index in [1.807, 2.05) is 0 Å². The second-order valence-corrected chi connectivity index (χ2v) is 5.34. The third kappa shape index (κ3) is 2.67. The minimum absolute atomic E-state index is 0.223. The molecule has 1 unspecified atom stereocenters. The minimum Gasteiger partial charge on any atom is -0.353 e. The molecular weight excluding hydrogens is 270 g/mol. The van der Waals surface area contributed by atoms with Gasteiger partial charge in [0.15, 0.2) is 0 Å². The monoisotopic (exact) mass is 287 g/mol. The smallest absolute Gasteiger partial charge is 0.262 e. The van der Waals surface area contributed by atoms with E-state index in [9.17, 15) is 14.4 Å². The third-order valence-corrected chi connectivity index (χ3v) is 3.89. The summed E-state index contributed by atoms with van der Waals surface area (Å²) in [5, 5.41) is 6.05. The Labute approximate surface area is 122 Å². The lowest BCUT2D eigenvalue weighted by molar-refractivity contribution is -0.121. The SMILES string of the molecule is O=C(CN1C(=O)c2ccccc2C1=O)NCC1CCCN1. The van der Waals surface area contributed by atoms with Crippen LogP contribution in [0.5, 0.6) is 0 Å². The Balaban J connectivity index is 1.59. The van der Waals surface area contributed by atoms with Crippen molar-refractivity contribution in [3.63, 3.8) is 0 Å². The maximum Gasteiger partial charge on any atom is 0.262 e. The van der Waals surface area contributed by atoms with Gasteiger partial charge in [-0.25, -0.2) is 0 Å². The number of hydrogen-bond acceptors (Lipinski definition) is 4. The van der Waals surface area contributed by atoms with Gasteiger partial charge in [0.2, 0.25) is 5.91 Å². The molecule has 0 bridgehead atoms. The molecule has 6 nitrogen and oxygen atoms in total. The van der Waals surface area contributed by atoms with Crippen molar-refractivity contribution in [2.24, 2.45) is 0 Å². The van der Waals surface area contributed by atoms with Gasteiger partial charge in [0.25, 0.3) is 11.8 Å². The Hall–Kier alpha value is -2.21. The predicted molar refractivity (Wildman–Crippen MR) is 75.8 cm³/mol. The van der Waals surface area contributed by atoms with E-state index >= 15 is 0 Å². The number of carbonyl (C=O) groups excluding carboxylic acids is 3. The van der Waals surface area contributed by atoms with Crippen molar-refractivity contribution < 1.29 is 14.4 Å². The number of imide groups is 1. The highest BCUT2D eigenvalue weighted by Gasteiger charge is 2.36. The van der Waals surface area contributed by atoms with E-state index in [4.69, 9.17) is 0 Å². The molecule has 3 rings (SSSR count). The van der Waals surface area contributed by atoms with E-state index in [0.717, 1.165) is 24.3 Å². The zero-order valence-electron chi connectivity index (χ0n) is 11.6. The number of nitrogens with one attached hydrogen (secondary N) is 2. The molecule has 1 fully saturated rings. The van der Waals surface area contributed by atoms with E-state index < -0.39 is 11.8 Å². The second kappa shape index (κ2) is 5.65. The van der Waals surface area contributed by atoms with Crippen LogP contribution in [0.15, 0.2) is 24.3 Å². The number of rotatable bonds is 4. The van der Waals surface area contributed by atoms with Crippen LogP contribution < -0.4 is 10.6 Å². The lowest BCUT2D eigenvalue weighted by atomic mass is 10.1. The van der Waals surface area contributed by atoms with Gasteiger partial charge in [-0.15, -0.1) is 0 Å². The summed E-state index contributed by atoms with van der Waals surface area (Å²) in [6, 6.07) is 6.92. The van der Waals surface area contributed by atoms with Gasteiger partial charge < -0.3 is 10.6 Å². The van der Waals surface area contributed by atoms with Gasteiger partial charge in [-0.1, -0.05) is 12.1 Å². The Bertz CT molecular complexity index is 559. The predicted octanol–water partition coefficient (Wildman–Crippen LogP) is 0.151. The Morgan fingerprint density at radius 3 is 2.48 bits per heavy atom. The first kappa shape index (κ1) is 13.8. The zero-order chi connectivity index (χ0) is 14.8. The summed E-state index contributed by atoms with van der Waals surface area (Å²) in [5.41, 5.74) is 0.737. The summed E-state index contributed by atoms with van der Waals surface area (Å²) in [4.78, 5) is 37.1. The third-order valence-electron chi connectivity index (χ3n) is 3.89. The highest BCUT2D eigenvalue weighted by atomic mass is 16.2. The molecule has 1 aromatic carbocycles. The summed E-state index contributed by atoms with van der Waals surface area (Å²) < 4.78 is 0. The summed E-state index contributed by atoms with van der Waals surface area (Å²) in [6.45, 7) is 1.28. The van der Waals surface area contributed by atoms with Gasteiger partial charge in [0, 0.05) is 12.6 Å². The summed E-state index contributed by atoms with van der Waals surface area (Å²) in [5.74, 6) is -1.10. The van der Waals surface area contributed by atoms with E-state index in [1.54, 1.807) is 24.3 Å². The molecule has 1 saturated heterocycles. The van der Waals surface area contributed by atoms with Crippen molar-refractivity contribution in [2.75, 3.05) is 19.6 Å². The summed E-state index contributed by atoms with van der Waals surface area (Å²) in [7, 11) is 0. The van der Waals surface area contributed by atoms with Crippen LogP contribution in [0.2, 0.25) is 0 Å². The van der Waals surface area contributed by atoms with Gasteiger partial charge in [0.1, 0.15) is 6.54 Å². The van der Waals surface area contributed by atoms with Crippen molar-refractivity contribution in [1.29, 1.82) is 0 Å². The van der Waals surface area contributed by atoms with Crippen LogP contribution in [0.3, 0.4) is 0 Å². The second-order valence-electron chi connectivity index (χ2n) is 5.34. The molecule has 2 aliphatic heterocycles. The van der Waals surface area contributed by atoms with Crippen LogP contribution in [-0.4, -0.2) is 48.3 Å². The first-order valence-electron chi connectivity index (χ1n) is 7.12. The molecule has 0 radical (unpaired) electrons. The van der Waals surface area contributed by atoms with E-state index in [2.05, 4.69) is 10.6 Å². The zero-order valence-corrected chi connectivity index (χ0v) is 11.6. The van der Waals surface area contributed by atoms with Crippen LogP contribution in [0, 0.1) is 0 Å². The lowest BCUT2D eigenvalue weighted by Gasteiger charge is -2.15. The van der Waals surface area contributed by atoms with Gasteiger partial charge in [-0.3, -0.25) is 19.3 Å².